The van der Waals surface area contributed by atoms with Crippen molar-refractivity contribution in [2.75, 3.05) is 25.5 Å². The van der Waals surface area contributed by atoms with Gasteiger partial charge in [0.15, 0.2) is 0 Å². The summed E-state index contributed by atoms with van der Waals surface area (Å²) in [5.74, 6) is -0.145. The molecule has 100 valence electrons. The lowest BCUT2D eigenvalue weighted by Crippen LogP contribution is -2.32. The van der Waals surface area contributed by atoms with Crippen LogP contribution in [0.25, 0.3) is 0 Å². The van der Waals surface area contributed by atoms with E-state index < -0.39 is 6.10 Å². The fourth-order valence-electron chi connectivity index (χ4n) is 1.67. The minimum atomic E-state index is -0.462. The van der Waals surface area contributed by atoms with Crippen molar-refractivity contribution in [3.63, 3.8) is 0 Å². The van der Waals surface area contributed by atoms with Crippen LogP contribution in [0.3, 0.4) is 0 Å². The molecule has 0 aliphatic rings. The van der Waals surface area contributed by atoms with E-state index in [4.69, 9.17) is 0 Å². The van der Waals surface area contributed by atoms with Crippen molar-refractivity contribution in [3.05, 3.63) is 29.8 Å². The Morgan fingerprint density at radius 2 is 2.17 bits per heavy atom. The molecule has 4 heteroatoms. The molecular formula is C14H22N2O2. The Morgan fingerprint density at radius 1 is 1.44 bits per heavy atom. The van der Waals surface area contributed by atoms with Gasteiger partial charge in [-0.05, 0) is 24.6 Å². The molecule has 0 spiro atoms. The predicted molar refractivity (Wildman–Crippen MR) is 74.0 cm³/mol. The number of amides is 1. The first-order chi connectivity index (χ1) is 8.54. The summed E-state index contributed by atoms with van der Waals surface area (Å²) >= 11 is 0. The molecule has 2 N–H and O–H groups in total. The van der Waals surface area contributed by atoms with Crippen molar-refractivity contribution in [2.45, 2.75) is 25.9 Å². The number of aliphatic hydroxyl groups excluding tert-OH is 1. The van der Waals surface area contributed by atoms with E-state index in [0.717, 1.165) is 12.1 Å². The zero-order valence-electron chi connectivity index (χ0n) is 11.3. The third-order valence-electron chi connectivity index (χ3n) is 2.74. The Balaban J connectivity index is 2.58. The van der Waals surface area contributed by atoms with E-state index in [1.54, 1.807) is 6.07 Å². The van der Waals surface area contributed by atoms with E-state index in [1.165, 1.54) is 0 Å². The summed E-state index contributed by atoms with van der Waals surface area (Å²) in [7, 11) is 3.87. The molecule has 0 aromatic heterocycles. The molecule has 0 saturated heterocycles. The van der Waals surface area contributed by atoms with Gasteiger partial charge in [0.2, 0.25) is 0 Å². The van der Waals surface area contributed by atoms with E-state index in [0.29, 0.717) is 18.5 Å². The molecule has 0 bridgehead atoms. The third kappa shape index (κ3) is 4.37. The van der Waals surface area contributed by atoms with Gasteiger partial charge in [0.1, 0.15) is 0 Å². The molecule has 0 fully saturated rings. The summed E-state index contributed by atoms with van der Waals surface area (Å²) in [6, 6.07) is 7.41. The summed E-state index contributed by atoms with van der Waals surface area (Å²) in [5, 5.41) is 12.3. The van der Waals surface area contributed by atoms with Gasteiger partial charge in [-0.2, -0.15) is 0 Å². The Kier molecular flexibility index (Phi) is 5.65. The van der Waals surface area contributed by atoms with E-state index >= 15 is 0 Å². The van der Waals surface area contributed by atoms with Crippen LogP contribution in [0, 0.1) is 0 Å². The van der Waals surface area contributed by atoms with Crippen LogP contribution < -0.4 is 10.2 Å². The molecule has 4 nitrogen and oxygen atoms in total. The normalized spacial score (nSPS) is 12.0. The zero-order chi connectivity index (χ0) is 13.5. The van der Waals surface area contributed by atoms with Gasteiger partial charge in [-0.25, -0.2) is 0 Å². The summed E-state index contributed by atoms with van der Waals surface area (Å²) in [6.45, 7) is 2.31. The van der Waals surface area contributed by atoms with Crippen molar-refractivity contribution < 1.29 is 9.90 Å². The summed E-state index contributed by atoms with van der Waals surface area (Å²) < 4.78 is 0. The number of nitrogens with zero attached hydrogens (tertiary/aromatic N) is 1. The topological polar surface area (TPSA) is 52.6 Å². The number of benzene rings is 1. The fraction of sp³-hybridized carbons (Fsp3) is 0.500. The first-order valence-corrected chi connectivity index (χ1v) is 6.28. The number of hydrogen-bond donors (Lipinski definition) is 2. The van der Waals surface area contributed by atoms with E-state index in [-0.39, 0.29) is 5.91 Å². The molecule has 1 aromatic carbocycles. The number of hydrogen-bond acceptors (Lipinski definition) is 3. The first kappa shape index (κ1) is 14.5. The quantitative estimate of drug-likeness (QED) is 0.807. The molecule has 0 aliphatic carbocycles. The maximum Gasteiger partial charge on any atom is 0.251 e. The number of rotatable bonds is 6. The van der Waals surface area contributed by atoms with Crippen molar-refractivity contribution >= 4 is 11.6 Å². The Bertz CT molecular complexity index is 391. The van der Waals surface area contributed by atoms with Gasteiger partial charge in [-0.15, -0.1) is 0 Å². The number of anilines is 1. The molecule has 0 aliphatic heterocycles. The lowest BCUT2D eigenvalue weighted by Gasteiger charge is -2.14. The van der Waals surface area contributed by atoms with Crippen molar-refractivity contribution in [1.82, 2.24) is 5.32 Å². The predicted octanol–water partition coefficient (Wildman–Crippen LogP) is 1.64. The number of nitrogens with one attached hydrogen (secondary N) is 1. The summed E-state index contributed by atoms with van der Waals surface area (Å²) in [4.78, 5) is 13.8. The Labute approximate surface area is 109 Å². The van der Waals surface area contributed by atoms with Gasteiger partial charge in [0.05, 0.1) is 6.10 Å². The molecule has 1 unspecified atom stereocenters. The molecule has 0 heterocycles. The molecule has 0 saturated carbocycles. The second-order valence-corrected chi connectivity index (χ2v) is 4.60. The van der Waals surface area contributed by atoms with Crippen LogP contribution in [-0.2, 0) is 0 Å². The minimum absolute atomic E-state index is 0.145. The standard InChI is InChI=1S/C14H22N2O2/c1-4-6-13(17)10-15-14(18)11-7-5-8-12(9-11)16(2)3/h5,7-9,13,17H,4,6,10H2,1-3H3,(H,15,18). The number of carbonyl (C=O) groups is 1. The lowest BCUT2D eigenvalue weighted by atomic mass is 10.1. The fourth-order valence-corrected chi connectivity index (χ4v) is 1.67. The second kappa shape index (κ2) is 7.01. The van der Waals surface area contributed by atoms with E-state index in [2.05, 4.69) is 5.32 Å². The number of carbonyl (C=O) groups excluding carboxylic acids is 1. The van der Waals surface area contributed by atoms with Gasteiger partial charge in [-0.1, -0.05) is 19.4 Å². The Hall–Kier alpha value is -1.55. The van der Waals surface area contributed by atoms with E-state index in [9.17, 15) is 9.90 Å². The highest BCUT2D eigenvalue weighted by atomic mass is 16.3. The largest absolute Gasteiger partial charge is 0.391 e. The third-order valence-corrected chi connectivity index (χ3v) is 2.74. The average Bonchev–Trinajstić information content (AvgIpc) is 2.36. The molecular weight excluding hydrogens is 228 g/mol. The minimum Gasteiger partial charge on any atom is -0.391 e. The highest BCUT2D eigenvalue weighted by Gasteiger charge is 2.09. The van der Waals surface area contributed by atoms with Crippen LogP contribution in [0.15, 0.2) is 24.3 Å². The van der Waals surface area contributed by atoms with Gasteiger partial charge in [-0.3, -0.25) is 4.79 Å². The van der Waals surface area contributed by atoms with Crippen LogP contribution >= 0.6 is 0 Å². The molecule has 18 heavy (non-hydrogen) atoms. The summed E-state index contributed by atoms with van der Waals surface area (Å²) in [5.41, 5.74) is 1.60. The zero-order valence-corrected chi connectivity index (χ0v) is 11.3. The first-order valence-electron chi connectivity index (χ1n) is 6.28. The second-order valence-electron chi connectivity index (χ2n) is 4.60. The van der Waals surface area contributed by atoms with Crippen LogP contribution in [0.1, 0.15) is 30.1 Å². The van der Waals surface area contributed by atoms with Crippen LogP contribution in [-0.4, -0.2) is 37.8 Å². The monoisotopic (exact) mass is 250 g/mol. The number of aliphatic hydroxyl groups is 1. The van der Waals surface area contributed by atoms with Crippen LogP contribution in [0.2, 0.25) is 0 Å². The van der Waals surface area contributed by atoms with Gasteiger partial charge in [0, 0.05) is 31.9 Å². The summed E-state index contributed by atoms with van der Waals surface area (Å²) in [6.07, 6.45) is 1.15. The highest BCUT2D eigenvalue weighted by Crippen LogP contribution is 2.13. The van der Waals surface area contributed by atoms with E-state index in [1.807, 2.05) is 44.1 Å². The maximum absolute atomic E-state index is 11.9. The SMILES string of the molecule is CCCC(O)CNC(=O)c1cccc(N(C)C)c1. The lowest BCUT2D eigenvalue weighted by molar-refractivity contribution is 0.0910. The molecule has 0 radical (unpaired) electrons. The van der Waals surface area contributed by atoms with Crippen molar-refractivity contribution in [2.24, 2.45) is 0 Å². The Morgan fingerprint density at radius 3 is 2.78 bits per heavy atom. The maximum atomic E-state index is 11.9. The molecule has 1 aromatic rings. The van der Waals surface area contributed by atoms with Crippen molar-refractivity contribution in [3.8, 4) is 0 Å². The van der Waals surface area contributed by atoms with Gasteiger partial charge in [0.25, 0.3) is 5.91 Å². The molecule has 1 atom stereocenters. The van der Waals surface area contributed by atoms with Gasteiger partial charge < -0.3 is 15.3 Å². The van der Waals surface area contributed by atoms with Crippen molar-refractivity contribution in [1.29, 1.82) is 0 Å². The molecule has 1 amide bonds. The highest BCUT2D eigenvalue weighted by molar-refractivity contribution is 5.95. The smallest absolute Gasteiger partial charge is 0.251 e. The van der Waals surface area contributed by atoms with Crippen LogP contribution in [0.4, 0.5) is 5.69 Å². The molecule has 1 rings (SSSR count). The van der Waals surface area contributed by atoms with Gasteiger partial charge >= 0.3 is 0 Å². The average molecular weight is 250 g/mol. The van der Waals surface area contributed by atoms with Crippen LogP contribution in [0.5, 0.6) is 0 Å².